The maximum Gasteiger partial charge on any atom is 0.375 e. The van der Waals surface area contributed by atoms with Crippen molar-refractivity contribution in [2.75, 3.05) is 13.2 Å². The third-order valence-electron chi connectivity index (χ3n) is 2.89. The zero-order valence-corrected chi connectivity index (χ0v) is 12.5. The molecule has 0 amide bonds. The monoisotopic (exact) mass is 308 g/mol. The first-order valence-corrected chi connectivity index (χ1v) is 6.78. The predicted octanol–water partition coefficient (Wildman–Crippen LogP) is 0.00832. The van der Waals surface area contributed by atoms with Gasteiger partial charge in [0.1, 0.15) is 0 Å². The fraction of sp³-hybridized carbons (Fsp3) is 0.462. The Balaban J connectivity index is 2.46. The zero-order chi connectivity index (χ0) is 16.3. The van der Waals surface area contributed by atoms with Crippen molar-refractivity contribution in [2.45, 2.75) is 27.2 Å². The van der Waals surface area contributed by atoms with Crippen molar-refractivity contribution in [3.05, 3.63) is 27.4 Å². The van der Waals surface area contributed by atoms with Crippen molar-refractivity contribution >= 4 is 17.7 Å². The minimum absolute atomic E-state index is 0.0400. The highest BCUT2D eigenvalue weighted by molar-refractivity contribution is 5.85. The molecule has 1 N–H and O–H groups in total. The number of carbonyl (C=O) groups excluding carboxylic acids is 2. The number of aromatic amines is 1. The Morgan fingerprint density at radius 3 is 2.50 bits per heavy atom. The van der Waals surface area contributed by atoms with Gasteiger partial charge in [-0.2, -0.15) is 9.50 Å². The second-order valence-corrected chi connectivity index (χ2v) is 4.39. The maximum atomic E-state index is 12.4. The summed E-state index contributed by atoms with van der Waals surface area (Å²) in [6.45, 7) is 5.35. The van der Waals surface area contributed by atoms with Gasteiger partial charge >= 0.3 is 11.9 Å². The van der Waals surface area contributed by atoms with E-state index in [0.29, 0.717) is 5.69 Å². The molecule has 0 bridgehead atoms. The molecule has 0 aromatic carbocycles. The number of rotatable bonds is 5. The van der Waals surface area contributed by atoms with Crippen molar-refractivity contribution in [2.24, 2.45) is 0 Å². The van der Waals surface area contributed by atoms with Gasteiger partial charge < -0.3 is 9.47 Å². The van der Waals surface area contributed by atoms with E-state index in [1.165, 1.54) is 0 Å². The number of hydrogen-bond acceptors (Lipinski definition) is 7. The van der Waals surface area contributed by atoms with Gasteiger partial charge in [0.2, 0.25) is 5.82 Å². The van der Waals surface area contributed by atoms with E-state index < -0.39 is 17.5 Å². The first-order chi connectivity index (χ1) is 10.5. The van der Waals surface area contributed by atoms with E-state index in [-0.39, 0.29) is 36.8 Å². The summed E-state index contributed by atoms with van der Waals surface area (Å²) >= 11 is 0. The third-order valence-corrected chi connectivity index (χ3v) is 2.89. The van der Waals surface area contributed by atoms with E-state index >= 15 is 0 Å². The molecule has 2 aromatic rings. The van der Waals surface area contributed by atoms with Crippen LogP contribution in [0, 0.1) is 6.92 Å². The lowest BCUT2D eigenvalue weighted by atomic mass is 10.2. The highest BCUT2D eigenvalue weighted by atomic mass is 16.5. The van der Waals surface area contributed by atoms with Crippen LogP contribution in [0.2, 0.25) is 0 Å². The van der Waals surface area contributed by atoms with Gasteiger partial charge in [0.05, 0.1) is 30.9 Å². The Hall–Kier alpha value is -2.71. The number of hydrogen-bond donors (Lipinski definition) is 1. The van der Waals surface area contributed by atoms with E-state index in [1.54, 1.807) is 20.8 Å². The van der Waals surface area contributed by atoms with Crippen LogP contribution in [-0.2, 0) is 20.7 Å². The number of aryl methyl sites for hydroxylation is 1. The van der Waals surface area contributed by atoms with Crippen LogP contribution in [0.4, 0.5) is 0 Å². The summed E-state index contributed by atoms with van der Waals surface area (Å²) in [7, 11) is 0. The second-order valence-electron chi connectivity index (χ2n) is 4.39. The number of esters is 2. The fourth-order valence-corrected chi connectivity index (χ4v) is 1.91. The van der Waals surface area contributed by atoms with Crippen LogP contribution in [0.1, 0.15) is 35.7 Å². The van der Waals surface area contributed by atoms with Crippen molar-refractivity contribution in [3.63, 3.8) is 0 Å². The van der Waals surface area contributed by atoms with Gasteiger partial charge in [-0.3, -0.25) is 14.7 Å². The number of H-pyrrole nitrogens is 1. The SMILES string of the molecule is CCOC(=O)Cc1c(C)nc2nc(C(=O)OCC)[nH]n2c1=O. The molecule has 9 nitrogen and oxygen atoms in total. The Labute approximate surface area is 125 Å². The Morgan fingerprint density at radius 1 is 1.18 bits per heavy atom. The molecule has 118 valence electrons. The molecule has 2 rings (SSSR count). The largest absolute Gasteiger partial charge is 0.466 e. The summed E-state index contributed by atoms with van der Waals surface area (Å²) in [6, 6.07) is 0. The molecule has 0 spiro atoms. The van der Waals surface area contributed by atoms with Gasteiger partial charge in [-0.25, -0.2) is 9.78 Å². The summed E-state index contributed by atoms with van der Waals surface area (Å²) in [5.74, 6) is -1.29. The van der Waals surface area contributed by atoms with Crippen LogP contribution in [0.25, 0.3) is 5.78 Å². The molecule has 0 unspecified atom stereocenters. The summed E-state index contributed by atoms with van der Waals surface area (Å²) in [6.07, 6.45) is -0.192. The van der Waals surface area contributed by atoms with Gasteiger partial charge in [-0.15, -0.1) is 0 Å². The highest BCUT2D eigenvalue weighted by Gasteiger charge is 2.19. The highest BCUT2D eigenvalue weighted by Crippen LogP contribution is 2.05. The summed E-state index contributed by atoms with van der Waals surface area (Å²) in [5, 5.41) is 2.53. The van der Waals surface area contributed by atoms with Crippen molar-refractivity contribution in [3.8, 4) is 0 Å². The molecule has 22 heavy (non-hydrogen) atoms. The van der Waals surface area contributed by atoms with Crippen LogP contribution in [0.15, 0.2) is 4.79 Å². The second kappa shape index (κ2) is 6.37. The molecule has 2 aromatic heterocycles. The molecule has 0 aliphatic carbocycles. The van der Waals surface area contributed by atoms with Crippen molar-refractivity contribution < 1.29 is 19.1 Å². The zero-order valence-electron chi connectivity index (χ0n) is 12.5. The minimum Gasteiger partial charge on any atom is -0.466 e. The minimum atomic E-state index is -0.683. The van der Waals surface area contributed by atoms with Crippen LogP contribution in [0.5, 0.6) is 0 Å². The molecule has 0 aliphatic heterocycles. The number of aromatic nitrogens is 4. The summed E-state index contributed by atoms with van der Waals surface area (Å²) in [4.78, 5) is 43.6. The smallest absolute Gasteiger partial charge is 0.375 e. The lowest BCUT2D eigenvalue weighted by Crippen LogP contribution is -2.25. The first kappa shape index (κ1) is 15.7. The van der Waals surface area contributed by atoms with Gasteiger partial charge in [-0.1, -0.05) is 0 Å². The topological polar surface area (TPSA) is 116 Å². The third kappa shape index (κ3) is 2.97. The number of ether oxygens (including phenoxy) is 2. The lowest BCUT2D eigenvalue weighted by molar-refractivity contribution is -0.142. The average Bonchev–Trinajstić information content (AvgIpc) is 2.88. The molecular formula is C13H16N4O5. The standard InChI is InChI=1S/C13H16N4O5/c1-4-21-9(18)6-8-7(3)14-13-15-10(12(20)22-5-2)16-17(13)11(8)19/h4-6H2,1-3H3,(H,14,15,16). The van der Waals surface area contributed by atoms with E-state index in [0.717, 1.165) is 4.52 Å². The van der Waals surface area contributed by atoms with Gasteiger partial charge in [0, 0.05) is 0 Å². The van der Waals surface area contributed by atoms with Gasteiger partial charge in [0.15, 0.2) is 0 Å². The normalized spacial score (nSPS) is 10.7. The first-order valence-electron chi connectivity index (χ1n) is 6.78. The predicted molar refractivity (Wildman–Crippen MR) is 74.6 cm³/mol. The summed E-state index contributed by atoms with van der Waals surface area (Å²) in [5.41, 5.74) is 0.0496. The van der Waals surface area contributed by atoms with Crippen LogP contribution < -0.4 is 5.56 Å². The molecule has 9 heteroatoms. The Bertz CT molecular complexity index is 777. The number of fused-ring (bicyclic) bond motifs is 1. The Morgan fingerprint density at radius 2 is 1.86 bits per heavy atom. The van der Waals surface area contributed by atoms with Crippen molar-refractivity contribution in [1.82, 2.24) is 19.6 Å². The molecule has 0 saturated carbocycles. The van der Waals surface area contributed by atoms with E-state index in [9.17, 15) is 14.4 Å². The van der Waals surface area contributed by atoms with Gasteiger partial charge in [0.25, 0.3) is 11.3 Å². The summed E-state index contributed by atoms with van der Waals surface area (Å²) < 4.78 is 10.6. The number of nitrogens with one attached hydrogen (secondary N) is 1. The average molecular weight is 308 g/mol. The lowest BCUT2D eigenvalue weighted by Gasteiger charge is -2.04. The van der Waals surface area contributed by atoms with Crippen LogP contribution in [0.3, 0.4) is 0 Å². The fourth-order valence-electron chi connectivity index (χ4n) is 1.91. The van der Waals surface area contributed by atoms with E-state index in [2.05, 4.69) is 15.1 Å². The molecule has 0 radical (unpaired) electrons. The number of carbonyl (C=O) groups is 2. The van der Waals surface area contributed by atoms with E-state index in [4.69, 9.17) is 9.47 Å². The van der Waals surface area contributed by atoms with Crippen molar-refractivity contribution in [1.29, 1.82) is 0 Å². The maximum absolute atomic E-state index is 12.4. The quantitative estimate of drug-likeness (QED) is 0.773. The molecule has 0 aliphatic rings. The Kier molecular flexibility index (Phi) is 4.54. The van der Waals surface area contributed by atoms with Gasteiger partial charge in [-0.05, 0) is 20.8 Å². The van der Waals surface area contributed by atoms with Crippen LogP contribution in [-0.4, -0.2) is 44.7 Å². The molecule has 0 fully saturated rings. The molecule has 0 saturated heterocycles. The van der Waals surface area contributed by atoms with Crippen LogP contribution >= 0.6 is 0 Å². The molecule has 2 heterocycles. The molecule has 0 atom stereocenters. The van der Waals surface area contributed by atoms with E-state index in [1.807, 2.05) is 0 Å². The number of nitrogens with zero attached hydrogens (tertiary/aromatic N) is 3. The molecular weight excluding hydrogens is 292 g/mol.